The highest BCUT2D eigenvalue weighted by Gasteiger charge is 2.14. The van der Waals surface area contributed by atoms with Crippen LogP contribution in [0.4, 0.5) is 11.4 Å². The average Bonchev–Trinajstić information content (AvgIpc) is 2.92. The van der Waals surface area contributed by atoms with Crippen molar-refractivity contribution in [3.8, 4) is 0 Å². The molecule has 0 saturated carbocycles. The van der Waals surface area contributed by atoms with Gasteiger partial charge in [0.2, 0.25) is 0 Å². The second-order valence-electron chi connectivity index (χ2n) is 6.66. The van der Waals surface area contributed by atoms with Crippen LogP contribution in [0.3, 0.4) is 0 Å². The highest BCUT2D eigenvalue weighted by molar-refractivity contribution is 7.80. The first-order chi connectivity index (χ1) is 13.7. The third-order valence-corrected chi connectivity index (χ3v) is 5.43. The molecule has 0 radical (unpaired) electrons. The molecule has 0 aliphatic rings. The Bertz CT molecular complexity index is 1080. The smallest absolute Gasteiger partial charge is 0.175 e. The van der Waals surface area contributed by atoms with Crippen molar-refractivity contribution in [1.82, 2.24) is 9.78 Å². The number of carbonyl (C=O) groups is 1. The Balaban J connectivity index is 1.71. The van der Waals surface area contributed by atoms with E-state index < -0.39 is 0 Å². The van der Waals surface area contributed by atoms with Crippen LogP contribution in [0, 0.1) is 13.8 Å². The number of aryl methyl sites for hydroxylation is 1. The predicted octanol–water partition coefficient (Wildman–Crippen LogP) is 5.87. The number of aromatic nitrogens is 2. The molecule has 29 heavy (non-hydrogen) atoms. The number of nitrogens with one attached hydrogen (secondary N) is 2. The van der Waals surface area contributed by atoms with E-state index in [0.29, 0.717) is 27.3 Å². The lowest BCUT2D eigenvalue weighted by atomic mass is 10.1. The number of halogens is 2. The van der Waals surface area contributed by atoms with E-state index in [1.807, 2.05) is 42.8 Å². The summed E-state index contributed by atoms with van der Waals surface area (Å²) >= 11 is 17.5. The minimum absolute atomic E-state index is 0.0258. The Hall–Kier alpha value is -2.41. The van der Waals surface area contributed by atoms with Gasteiger partial charge in [-0.25, -0.2) is 0 Å². The van der Waals surface area contributed by atoms with E-state index in [1.54, 1.807) is 18.2 Å². The monoisotopic (exact) mass is 446 g/mol. The largest absolute Gasteiger partial charge is 0.332 e. The highest BCUT2D eigenvalue weighted by Crippen LogP contribution is 2.25. The molecule has 0 unspecified atom stereocenters. The maximum Gasteiger partial charge on any atom is 0.175 e. The Morgan fingerprint density at radius 1 is 1.07 bits per heavy atom. The topological polar surface area (TPSA) is 59.0 Å². The number of carbonyl (C=O) groups excluding carboxylic acids is 1. The van der Waals surface area contributed by atoms with Gasteiger partial charge in [-0.05, 0) is 75.0 Å². The molecule has 0 bridgehead atoms. The summed E-state index contributed by atoms with van der Waals surface area (Å²) in [7, 11) is 0. The molecule has 1 aromatic heterocycles. The summed E-state index contributed by atoms with van der Waals surface area (Å²) in [6, 6.07) is 12.7. The van der Waals surface area contributed by atoms with Crippen molar-refractivity contribution in [1.29, 1.82) is 0 Å². The van der Waals surface area contributed by atoms with Gasteiger partial charge in [-0.1, -0.05) is 29.3 Å². The molecule has 0 aliphatic carbocycles. The normalized spacial score (nSPS) is 10.7. The summed E-state index contributed by atoms with van der Waals surface area (Å²) in [5.41, 5.74) is 5.09. The van der Waals surface area contributed by atoms with Crippen LogP contribution in [-0.2, 0) is 6.54 Å². The van der Waals surface area contributed by atoms with Gasteiger partial charge in [0.25, 0.3) is 0 Å². The fourth-order valence-electron chi connectivity index (χ4n) is 2.91. The van der Waals surface area contributed by atoms with Crippen LogP contribution in [-0.4, -0.2) is 20.7 Å². The van der Waals surface area contributed by atoms with Crippen LogP contribution in [0.25, 0.3) is 0 Å². The van der Waals surface area contributed by atoms with Gasteiger partial charge in [-0.15, -0.1) is 0 Å². The molecule has 0 atom stereocenters. The second-order valence-corrected chi connectivity index (χ2v) is 7.89. The van der Waals surface area contributed by atoms with Gasteiger partial charge in [0, 0.05) is 11.3 Å². The molecule has 0 amide bonds. The molecule has 0 saturated heterocycles. The van der Waals surface area contributed by atoms with Crippen LogP contribution in [0.2, 0.25) is 10.0 Å². The first-order valence-corrected chi connectivity index (χ1v) is 10.1. The molecule has 3 aromatic rings. The van der Waals surface area contributed by atoms with Crippen molar-refractivity contribution in [2.24, 2.45) is 0 Å². The van der Waals surface area contributed by atoms with Crippen LogP contribution in [0.5, 0.6) is 0 Å². The van der Waals surface area contributed by atoms with Crippen molar-refractivity contribution in [2.45, 2.75) is 27.3 Å². The quantitative estimate of drug-likeness (QED) is 0.379. The molecule has 5 nitrogen and oxygen atoms in total. The molecule has 2 aromatic carbocycles. The first-order valence-electron chi connectivity index (χ1n) is 8.91. The molecule has 8 heteroatoms. The standard InChI is InChI=1S/C21H20Cl2N4OS/c1-12-20(25-21(29)24-17-7-5-16(6-8-17)14(3)28)13(2)27(26-12)11-15-4-9-18(22)19(23)10-15/h4-10H,11H2,1-3H3,(H2,24,25,29). The number of ketones is 1. The second kappa shape index (κ2) is 8.95. The Labute approximate surface area is 185 Å². The minimum Gasteiger partial charge on any atom is -0.332 e. The number of benzene rings is 2. The summed E-state index contributed by atoms with van der Waals surface area (Å²) in [6.45, 7) is 6.00. The lowest BCUT2D eigenvalue weighted by Crippen LogP contribution is -2.20. The Kier molecular flexibility index (Phi) is 6.57. The summed E-state index contributed by atoms with van der Waals surface area (Å²) in [5.74, 6) is 0.0258. The molecule has 1 heterocycles. The third kappa shape index (κ3) is 5.15. The fraction of sp³-hybridized carbons (Fsp3) is 0.190. The number of hydrogen-bond acceptors (Lipinski definition) is 3. The van der Waals surface area contributed by atoms with Crippen molar-refractivity contribution in [2.75, 3.05) is 10.6 Å². The van der Waals surface area contributed by atoms with E-state index >= 15 is 0 Å². The fourth-order valence-corrected chi connectivity index (χ4v) is 3.45. The van der Waals surface area contributed by atoms with Gasteiger partial charge in [0.15, 0.2) is 10.9 Å². The van der Waals surface area contributed by atoms with Gasteiger partial charge in [0.1, 0.15) is 0 Å². The Morgan fingerprint density at radius 3 is 2.38 bits per heavy atom. The molecule has 2 N–H and O–H groups in total. The van der Waals surface area contributed by atoms with Gasteiger partial charge < -0.3 is 10.6 Å². The van der Waals surface area contributed by atoms with E-state index in [2.05, 4.69) is 15.7 Å². The number of rotatable bonds is 5. The van der Waals surface area contributed by atoms with Gasteiger partial charge >= 0.3 is 0 Å². The van der Waals surface area contributed by atoms with E-state index in [9.17, 15) is 4.79 Å². The summed E-state index contributed by atoms with van der Waals surface area (Å²) in [4.78, 5) is 11.4. The number of thiocarbonyl (C=S) groups is 1. The first kappa shape index (κ1) is 21.3. The molecular formula is C21H20Cl2N4OS. The minimum atomic E-state index is 0.0258. The van der Waals surface area contributed by atoms with Crippen molar-refractivity contribution in [3.05, 3.63) is 75.0 Å². The lowest BCUT2D eigenvalue weighted by Gasteiger charge is -2.12. The summed E-state index contributed by atoms with van der Waals surface area (Å²) in [6.07, 6.45) is 0. The van der Waals surface area contributed by atoms with E-state index in [-0.39, 0.29) is 5.78 Å². The SMILES string of the molecule is CC(=O)c1ccc(NC(=S)Nc2c(C)nn(Cc3ccc(Cl)c(Cl)c3)c2C)cc1. The van der Waals surface area contributed by atoms with Gasteiger partial charge in [0.05, 0.1) is 33.7 Å². The van der Waals surface area contributed by atoms with Crippen LogP contribution < -0.4 is 10.6 Å². The molecule has 150 valence electrons. The van der Waals surface area contributed by atoms with Crippen LogP contribution in [0.1, 0.15) is 34.2 Å². The predicted molar refractivity (Wildman–Crippen MR) is 124 cm³/mol. The van der Waals surface area contributed by atoms with Crippen molar-refractivity contribution in [3.63, 3.8) is 0 Å². The molecule has 0 fully saturated rings. The zero-order valence-corrected chi connectivity index (χ0v) is 18.5. The number of hydrogen-bond donors (Lipinski definition) is 2. The molecule has 0 aliphatic heterocycles. The van der Waals surface area contributed by atoms with Crippen LogP contribution >= 0.6 is 35.4 Å². The molecule has 0 spiro atoms. The van der Waals surface area contributed by atoms with Crippen LogP contribution in [0.15, 0.2) is 42.5 Å². The third-order valence-electron chi connectivity index (χ3n) is 4.49. The van der Waals surface area contributed by atoms with Crippen molar-refractivity contribution < 1.29 is 4.79 Å². The van der Waals surface area contributed by atoms with E-state index in [4.69, 9.17) is 35.4 Å². The van der Waals surface area contributed by atoms with E-state index in [1.165, 1.54) is 6.92 Å². The van der Waals surface area contributed by atoms with Gasteiger partial charge in [-0.2, -0.15) is 5.10 Å². The Morgan fingerprint density at radius 2 is 1.76 bits per heavy atom. The number of nitrogens with zero attached hydrogens (tertiary/aromatic N) is 2. The summed E-state index contributed by atoms with van der Waals surface area (Å²) in [5, 5.41) is 12.4. The molecule has 3 rings (SSSR count). The van der Waals surface area contributed by atoms with E-state index in [0.717, 1.165) is 28.3 Å². The zero-order chi connectivity index (χ0) is 21.1. The lowest BCUT2D eigenvalue weighted by molar-refractivity contribution is 0.101. The maximum absolute atomic E-state index is 11.4. The van der Waals surface area contributed by atoms with Crippen molar-refractivity contribution >= 4 is 57.7 Å². The number of anilines is 2. The zero-order valence-electron chi connectivity index (χ0n) is 16.2. The summed E-state index contributed by atoms with van der Waals surface area (Å²) < 4.78 is 1.89. The average molecular weight is 447 g/mol. The highest BCUT2D eigenvalue weighted by atomic mass is 35.5. The maximum atomic E-state index is 11.4. The van der Waals surface area contributed by atoms with Gasteiger partial charge in [-0.3, -0.25) is 9.48 Å². The number of Topliss-reactive ketones (excluding diaryl/α,β-unsaturated/α-hetero) is 1. The molecular weight excluding hydrogens is 427 g/mol.